The van der Waals surface area contributed by atoms with Crippen LogP contribution in [0.2, 0.25) is 0 Å². The van der Waals surface area contributed by atoms with Crippen LogP contribution in [0.15, 0.2) is 30.3 Å². The summed E-state index contributed by atoms with van der Waals surface area (Å²) in [5.41, 5.74) is 1.05. The summed E-state index contributed by atoms with van der Waals surface area (Å²) in [5.74, 6) is 0.747. The number of fused-ring (bicyclic) bond motifs is 1. The molecule has 2 aliphatic rings. The van der Waals surface area contributed by atoms with Gasteiger partial charge >= 0.3 is 5.97 Å². The van der Waals surface area contributed by atoms with E-state index >= 15 is 0 Å². The lowest BCUT2D eigenvalue weighted by molar-refractivity contribution is -0.145. The molecule has 0 saturated carbocycles. The molecular weight excluding hydrogens is 338 g/mol. The van der Waals surface area contributed by atoms with E-state index in [9.17, 15) is 9.90 Å². The summed E-state index contributed by atoms with van der Waals surface area (Å²) in [6.07, 6.45) is 2.68. The zero-order valence-corrected chi connectivity index (χ0v) is 14.9. The third-order valence-corrected chi connectivity index (χ3v) is 5.96. The van der Waals surface area contributed by atoms with E-state index < -0.39 is 12.0 Å². The van der Waals surface area contributed by atoms with Crippen LogP contribution in [-0.4, -0.2) is 35.4 Å². The maximum Gasteiger partial charge on any atom is 0.320 e. The maximum atomic E-state index is 11.8. The van der Waals surface area contributed by atoms with Gasteiger partial charge in [-0.15, -0.1) is 11.3 Å². The molecule has 0 aliphatic carbocycles. The van der Waals surface area contributed by atoms with E-state index in [1.165, 1.54) is 9.75 Å². The van der Waals surface area contributed by atoms with Gasteiger partial charge in [0.1, 0.15) is 6.04 Å². The Bertz CT molecular complexity index is 787. The summed E-state index contributed by atoms with van der Waals surface area (Å²) < 4.78 is 11.0. The molecule has 1 saturated heterocycles. The Kier molecular flexibility index (Phi) is 4.39. The molecule has 0 spiro atoms. The molecule has 1 N–H and O–H groups in total. The van der Waals surface area contributed by atoms with Crippen LogP contribution in [0.25, 0.3) is 0 Å². The second kappa shape index (κ2) is 6.69. The molecule has 0 bridgehead atoms. The van der Waals surface area contributed by atoms with E-state index in [1.807, 2.05) is 18.2 Å². The van der Waals surface area contributed by atoms with Gasteiger partial charge in [-0.1, -0.05) is 12.5 Å². The number of carbonyl (C=O) groups is 1. The average Bonchev–Trinajstić information content (AvgIpc) is 3.24. The monoisotopic (exact) mass is 359 g/mol. The zero-order chi connectivity index (χ0) is 17.4. The molecule has 2 atom stereocenters. The van der Waals surface area contributed by atoms with E-state index in [2.05, 4.69) is 24.0 Å². The number of likely N-dealkylation sites (tertiary alicyclic amines) is 1. The van der Waals surface area contributed by atoms with Gasteiger partial charge in [0.15, 0.2) is 11.5 Å². The van der Waals surface area contributed by atoms with Gasteiger partial charge in [0.25, 0.3) is 0 Å². The highest BCUT2D eigenvalue weighted by molar-refractivity contribution is 7.12. The van der Waals surface area contributed by atoms with E-state index in [-0.39, 0.29) is 12.8 Å². The number of piperidine rings is 1. The van der Waals surface area contributed by atoms with Gasteiger partial charge in [-0.2, -0.15) is 0 Å². The number of rotatable bonds is 4. The second-order valence-electron chi connectivity index (χ2n) is 6.55. The molecule has 6 heteroatoms. The van der Waals surface area contributed by atoms with Crippen LogP contribution < -0.4 is 9.47 Å². The van der Waals surface area contributed by atoms with E-state index in [0.717, 1.165) is 36.4 Å². The summed E-state index contributed by atoms with van der Waals surface area (Å²) in [6.45, 7) is 3.10. The van der Waals surface area contributed by atoms with Crippen molar-refractivity contribution in [1.29, 1.82) is 0 Å². The van der Waals surface area contributed by atoms with Crippen molar-refractivity contribution in [2.75, 3.05) is 13.3 Å². The van der Waals surface area contributed by atoms with Crippen LogP contribution in [0.4, 0.5) is 0 Å². The standard InChI is InChI=1S/C19H21NO4S/c1-12-5-8-17(25-12)18(20-9-3-2-4-14(20)19(21)22)13-6-7-15-16(10-13)24-11-23-15/h5-8,10,14,18H,2-4,9,11H2,1H3,(H,21,22). The number of hydrogen-bond acceptors (Lipinski definition) is 5. The van der Waals surface area contributed by atoms with E-state index in [0.29, 0.717) is 6.42 Å². The summed E-state index contributed by atoms with van der Waals surface area (Å²) in [7, 11) is 0. The minimum Gasteiger partial charge on any atom is -0.480 e. The molecule has 2 unspecified atom stereocenters. The summed E-state index contributed by atoms with van der Waals surface area (Å²) >= 11 is 1.72. The molecule has 1 fully saturated rings. The maximum absolute atomic E-state index is 11.8. The van der Waals surface area contributed by atoms with Crippen molar-refractivity contribution >= 4 is 17.3 Å². The van der Waals surface area contributed by atoms with Gasteiger partial charge in [-0.3, -0.25) is 9.69 Å². The smallest absolute Gasteiger partial charge is 0.320 e. The molecule has 25 heavy (non-hydrogen) atoms. The van der Waals surface area contributed by atoms with Crippen LogP contribution in [0, 0.1) is 6.92 Å². The molecule has 3 heterocycles. The lowest BCUT2D eigenvalue weighted by atomic mass is 9.95. The number of benzene rings is 1. The number of aliphatic carboxylic acids is 1. The minimum absolute atomic E-state index is 0.0744. The van der Waals surface area contributed by atoms with Gasteiger partial charge < -0.3 is 14.6 Å². The molecular formula is C19H21NO4S. The topological polar surface area (TPSA) is 59.0 Å². The predicted molar refractivity (Wildman–Crippen MR) is 95.4 cm³/mol. The van der Waals surface area contributed by atoms with Gasteiger partial charge in [0.2, 0.25) is 6.79 Å². The number of hydrogen-bond donors (Lipinski definition) is 1. The van der Waals surface area contributed by atoms with Crippen LogP contribution in [-0.2, 0) is 4.79 Å². The molecule has 2 aliphatic heterocycles. The highest BCUT2D eigenvalue weighted by Crippen LogP contribution is 2.41. The van der Waals surface area contributed by atoms with Gasteiger partial charge in [0, 0.05) is 9.75 Å². The van der Waals surface area contributed by atoms with Crippen LogP contribution in [0.3, 0.4) is 0 Å². The van der Waals surface area contributed by atoms with Gasteiger partial charge in [-0.05, 0) is 56.1 Å². The van der Waals surface area contributed by atoms with Crippen molar-refractivity contribution < 1.29 is 19.4 Å². The molecule has 0 radical (unpaired) electrons. The fourth-order valence-electron chi connectivity index (χ4n) is 3.73. The number of carboxylic acids is 1. The van der Waals surface area contributed by atoms with Crippen molar-refractivity contribution in [2.45, 2.75) is 38.3 Å². The largest absolute Gasteiger partial charge is 0.480 e. The Morgan fingerprint density at radius 3 is 2.84 bits per heavy atom. The molecule has 1 aromatic carbocycles. The van der Waals surface area contributed by atoms with Crippen molar-refractivity contribution in [3.63, 3.8) is 0 Å². The Balaban J connectivity index is 1.77. The molecule has 2 aromatic rings. The van der Waals surface area contributed by atoms with Crippen LogP contribution >= 0.6 is 11.3 Å². The number of ether oxygens (including phenoxy) is 2. The summed E-state index contributed by atoms with van der Waals surface area (Å²) in [5, 5.41) is 9.73. The Hall–Kier alpha value is -2.05. The molecule has 4 rings (SSSR count). The molecule has 0 amide bonds. The van der Waals surface area contributed by atoms with Crippen molar-refractivity contribution in [3.8, 4) is 11.5 Å². The van der Waals surface area contributed by atoms with Crippen LogP contribution in [0.1, 0.15) is 40.6 Å². The van der Waals surface area contributed by atoms with E-state index in [1.54, 1.807) is 11.3 Å². The lowest BCUT2D eigenvalue weighted by Gasteiger charge is -2.39. The average molecular weight is 359 g/mol. The second-order valence-corrected chi connectivity index (χ2v) is 7.87. The number of nitrogens with zero attached hydrogens (tertiary/aromatic N) is 1. The van der Waals surface area contributed by atoms with Crippen molar-refractivity contribution in [2.24, 2.45) is 0 Å². The first-order valence-corrected chi connectivity index (χ1v) is 9.39. The third kappa shape index (κ3) is 3.12. The SMILES string of the molecule is Cc1ccc(C(c2ccc3c(c2)OCO3)N2CCCCC2C(=O)O)s1. The van der Waals surface area contributed by atoms with Gasteiger partial charge in [0.05, 0.1) is 6.04 Å². The van der Waals surface area contributed by atoms with E-state index in [4.69, 9.17) is 9.47 Å². The Labute approximate surface area is 150 Å². The quantitative estimate of drug-likeness (QED) is 0.899. The molecule has 1 aromatic heterocycles. The molecule has 5 nitrogen and oxygen atoms in total. The first-order chi connectivity index (χ1) is 12.1. The van der Waals surface area contributed by atoms with Crippen molar-refractivity contribution in [3.05, 3.63) is 45.6 Å². The fourth-order valence-corrected chi connectivity index (χ4v) is 4.76. The van der Waals surface area contributed by atoms with Gasteiger partial charge in [-0.25, -0.2) is 0 Å². The van der Waals surface area contributed by atoms with Crippen molar-refractivity contribution in [1.82, 2.24) is 4.90 Å². The molecule has 132 valence electrons. The highest BCUT2D eigenvalue weighted by atomic mass is 32.1. The highest BCUT2D eigenvalue weighted by Gasteiger charge is 2.36. The summed E-state index contributed by atoms with van der Waals surface area (Å²) in [6, 6.07) is 9.63. The third-order valence-electron chi connectivity index (χ3n) is 4.90. The summed E-state index contributed by atoms with van der Waals surface area (Å²) in [4.78, 5) is 16.4. The predicted octanol–water partition coefficient (Wildman–Crippen LogP) is 3.81. The minimum atomic E-state index is -0.737. The Morgan fingerprint density at radius 1 is 1.24 bits per heavy atom. The number of aryl methyl sites for hydroxylation is 1. The van der Waals surface area contributed by atoms with Crippen LogP contribution in [0.5, 0.6) is 11.5 Å². The normalized spacial score (nSPS) is 21.2. The first kappa shape index (κ1) is 16.4. The Morgan fingerprint density at radius 2 is 2.08 bits per heavy atom. The number of thiophene rings is 1. The zero-order valence-electron chi connectivity index (χ0n) is 14.1. The lowest BCUT2D eigenvalue weighted by Crippen LogP contribution is -2.46. The number of carboxylic acid groups (broad SMARTS) is 1. The fraction of sp³-hybridized carbons (Fsp3) is 0.421. The first-order valence-electron chi connectivity index (χ1n) is 8.58.